The Morgan fingerprint density at radius 1 is 1.20 bits per heavy atom. The fourth-order valence-electron chi connectivity index (χ4n) is 2.05. The molecule has 25 heavy (non-hydrogen) atoms. The van der Waals surface area contributed by atoms with Crippen LogP contribution in [0.2, 0.25) is 0 Å². The summed E-state index contributed by atoms with van der Waals surface area (Å²) in [5.74, 6) is 0.350. The SMILES string of the molecule is COCCOc1ccc(C(=O)NC(=S)Nc2cccc(C)c2)cc1Br. The maximum absolute atomic E-state index is 12.3. The first-order valence-electron chi connectivity index (χ1n) is 7.60. The molecule has 0 saturated heterocycles. The summed E-state index contributed by atoms with van der Waals surface area (Å²) < 4.78 is 11.2. The number of anilines is 1. The molecular formula is C18H19BrN2O3S. The zero-order valence-electron chi connectivity index (χ0n) is 14.0. The van der Waals surface area contributed by atoms with Gasteiger partial charge in [0.1, 0.15) is 12.4 Å². The van der Waals surface area contributed by atoms with Gasteiger partial charge in [0, 0.05) is 18.4 Å². The molecule has 0 aliphatic rings. The molecule has 0 aliphatic carbocycles. The Kier molecular flexibility index (Phi) is 7.36. The van der Waals surface area contributed by atoms with Gasteiger partial charge in [-0.1, -0.05) is 12.1 Å². The third-order valence-electron chi connectivity index (χ3n) is 3.24. The number of hydrogen-bond acceptors (Lipinski definition) is 4. The van der Waals surface area contributed by atoms with Gasteiger partial charge >= 0.3 is 0 Å². The van der Waals surface area contributed by atoms with E-state index in [1.807, 2.05) is 31.2 Å². The van der Waals surface area contributed by atoms with Crippen molar-refractivity contribution in [3.8, 4) is 5.75 Å². The summed E-state index contributed by atoms with van der Waals surface area (Å²) in [5, 5.41) is 5.90. The lowest BCUT2D eigenvalue weighted by Crippen LogP contribution is -2.34. The van der Waals surface area contributed by atoms with Crippen molar-refractivity contribution in [1.29, 1.82) is 0 Å². The second-order valence-electron chi connectivity index (χ2n) is 5.26. The van der Waals surface area contributed by atoms with Crippen molar-refractivity contribution >= 4 is 44.9 Å². The number of benzene rings is 2. The lowest BCUT2D eigenvalue weighted by atomic mass is 10.2. The highest BCUT2D eigenvalue weighted by Crippen LogP contribution is 2.26. The molecule has 0 radical (unpaired) electrons. The standard InChI is InChI=1S/C18H19BrN2O3S/c1-12-4-3-5-14(10-12)20-18(25)21-17(22)13-6-7-16(15(19)11-13)24-9-8-23-2/h3-7,10-11H,8-9H2,1-2H3,(H2,20,21,22,25). The van der Waals surface area contributed by atoms with Crippen LogP contribution < -0.4 is 15.4 Å². The van der Waals surface area contributed by atoms with Gasteiger partial charge in [-0.2, -0.15) is 0 Å². The van der Waals surface area contributed by atoms with Crippen molar-refractivity contribution in [2.45, 2.75) is 6.92 Å². The summed E-state index contributed by atoms with van der Waals surface area (Å²) >= 11 is 8.59. The van der Waals surface area contributed by atoms with Crippen LogP contribution in [-0.4, -0.2) is 31.3 Å². The Morgan fingerprint density at radius 3 is 2.68 bits per heavy atom. The normalized spacial score (nSPS) is 10.2. The van der Waals surface area contributed by atoms with E-state index in [0.29, 0.717) is 29.0 Å². The van der Waals surface area contributed by atoms with E-state index in [4.69, 9.17) is 21.7 Å². The van der Waals surface area contributed by atoms with Crippen molar-refractivity contribution in [3.63, 3.8) is 0 Å². The van der Waals surface area contributed by atoms with E-state index in [9.17, 15) is 4.79 Å². The Balaban J connectivity index is 1.95. The summed E-state index contributed by atoms with van der Waals surface area (Å²) in [6.45, 7) is 2.92. The maximum Gasteiger partial charge on any atom is 0.257 e. The molecule has 0 saturated carbocycles. The molecule has 0 aromatic heterocycles. The molecule has 2 aromatic rings. The van der Waals surface area contributed by atoms with Crippen LogP contribution in [0.4, 0.5) is 5.69 Å². The predicted octanol–water partition coefficient (Wildman–Crippen LogP) is 3.91. The van der Waals surface area contributed by atoms with Gasteiger partial charge in [0.25, 0.3) is 5.91 Å². The Bertz CT molecular complexity index is 768. The van der Waals surface area contributed by atoms with Crippen molar-refractivity contribution in [3.05, 3.63) is 58.1 Å². The molecule has 0 unspecified atom stereocenters. The van der Waals surface area contributed by atoms with Crippen molar-refractivity contribution < 1.29 is 14.3 Å². The van der Waals surface area contributed by atoms with Crippen LogP contribution in [-0.2, 0) is 4.74 Å². The monoisotopic (exact) mass is 422 g/mol. The minimum absolute atomic E-state index is 0.243. The first kappa shape index (κ1) is 19.4. The quantitative estimate of drug-likeness (QED) is 0.545. The molecule has 0 aliphatic heterocycles. The number of nitrogens with one attached hydrogen (secondary N) is 2. The van der Waals surface area contributed by atoms with Crippen molar-refractivity contribution in [2.24, 2.45) is 0 Å². The van der Waals surface area contributed by atoms with Crippen LogP contribution in [0.15, 0.2) is 46.9 Å². The number of carbonyl (C=O) groups excluding carboxylic acids is 1. The average molecular weight is 423 g/mol. The highest BCUT2D eigenvalue weighted by molar-refractivity contribution is 9.10. The number of thiocarbonyl (C=S) groups is 1. The fourth-order valence-corrected chi connectivity index (χ4v) is 2.76. The Morgan fingerprint density at radius 2 is 2.00 bits per heavy atom. The second-order valence-corrected chi connectivity index (χ2v) is 6.53. The molecule has 1 amide bonds. The number of carbonyl (C=O) groups is 1. The number of rotatable bonds is 6. The van der Waals surface area contributed by atoms with E-state index in [0.717, 1.165) is 11.3 Å². The van der Waals surface area contributed by atoms with E-state index in [1.165, 1.54) is 0 Å². The van der Waals surface area contributed by atoms with E-state index in [2.05, 4.69) is 26.6 Å². The topological polar surface area (TPSA) is 59.6 Å². The van der Waals surface area contributed by atoms with Crippen LogP contribution in [0.3, 0.4) is 0 Å². The number of methoxy groups -OCH3 is 1. The summed E-state index contributed by atoms with van der Waals surface area (Å²) in [6, 6.07) is 12.8. The number of hydrogen-bond donors (Lipinski definition) is 2. The number of ether oxygens (including phenoxy) is 2. The lowest BCUT2D eigenvalue weighted by molar-refractivity contribution is 0.0977. The van der Waals surface area contributed by atoms with Gasteiger partial charge in [-0.15, -0.1) is 0 Å². The van der Waals surface area contributed by atoms with Crippen LogP contribution in [0, 0.1) is 6.92 Å². The third-order valence-corrected chi connectivity index (χ3v) is 4.07. The van der Waals surface area contributed by atoms with Gasteiger partial charge in [-0.3, -0.25) is 10.1 Å². The van der Waals surface area contributed by atoms with Gasteiger partial charge < -0.3 is 14.8 Å². The van der Waals surface area contributed by atoms with Gasteiger partial charge in [0.15, 0.2) is 5.11 Å². The largest absolute Gasteiger partial charge is 0.490 e. The number of halogens is 1. The zero-order valence-corrected chi connectivity index (χ0v) is 16.4. The van der Waals surface area contributed by atoms with Crippen LogP contribution in [0.25, 0.3) is 0 Å². The number of aryl methyl sites for hydroxylation is 1. The molecule has 2 N–H and O–H groups in total. The molecule has 0 atom stereocenters. The van der Waals surface area contributed by atoms with Crippen LogP contribution in [0.1, 0.15) is 15.9 Å². The maximum atomic E-state index is 12.3. The third kappa shape index (κ3) is 6.12. The van der Waals surface area contributed by atoms with Crippen molar-refractivity contribution in [2.75, 3.05) is 25.6 Å². The first-order chi connectivity index (χ1) is 12.0. The van der Waals surface area contributed by atoms with Gasteiger partial charge in [0.2, 0.25) is 0 Å². The molecule has 5 nitrogen and oxygen atoms in total. The molecule has 132 valence electrons. The van der Waals surface area contributed by atoms with Gasteiger partial charge in [-0.25, -0.2) is 0 Å². The molecule has 2 rings (SSSR count). The van der Waals surface area contributed by atoms with Crippen LogP contribution in [0.5, 0.6) is 5.75 Å². The molecule has 7 heteroatoms. The van der Waals surface area contributed by atoms with E-state index >= 15 is 0 Å². The highest BCUT2D eigenvalue weighted by atomic mass is 79.9. The fraction of sp³-hybridized carbons (Fsp3) is 0.222. The smallest absolute Gasteiger partial charge is 0.257 e. The molecule has 2 aromatic carbocycles. The van der Waals surface area contributed by atoms with E-state index < -0.39 is 0 Å². The predicted molar refractivity (Wildman–Crippen MR) is 106 cm³/mol. The minimum Gasteiger partial charge on any atom is -0.490 e. The minimum atomic E-state index is -0.297. The molecule has 0 fully saturated rings. The summed E-state index contributed by atoms with van der Waals surface area (Å²) in [4.78, 5) is 12.3. The van der Waals surface area contributed by atoms with E-state index in [1.54, 1.807) is 25.3 Å². The molecule has 0 heterocycles. The molecule has 0 spiro atoms. The van der Waals surface area contributed by atoms with Crippen molar-refractivity contribution in [1.82, 2.24) is 5.32 Å². The molecule has 0 bridgehead atoms. The first-order valence-corrected chi connectivity index (χ1v) is 8.80. The van der Waals surface area contributed by atoms with Crippen LogP contribution >= 0.6 is 28.1 Å². The summed E-state index contributed by atoms with van der Waals surface area (Å²) in [6.07, 6.45) is 0. The number of amides is 1. The van der Waals surface area contributed by atoms with Gasteiger partial charge in [0.05, 0.1) is 11.1 Å². The zero-order chi connectivity index (χ0) is 18.2. The highest BCUT2D eigenvalue weighted by Gasteiger charge is 2.11. The molecular weight excluding hydrogens is 404 g/mol. The summed E-state index contributed by atoms with van der Waals surface area (Å²) in [5.41, 5.74) is 2.40. The van der Waals surface area contributed by atoms with E-state index in [-0.39, 0.29) is 11.0 Å². The average Bonchev–Trinajstić information content (AvgIpc) is 2.56. The van der Waals surface area contributed by atoms with Gasteiger partial charge in [-0.05, 0) is 71.0 Å². The second kappa shape index (κ2) is 9.50. The summed E-state index contributed by atoms with van der Waals surface area (Å²) in [7, 11) is 1.61. The Hall–Kier alpha value is -1.96. The Labute approximate surface area is 160 Å². The lowest BCUT2D eigenvalue weighted by Gasteiger charge is -2.12.